The van der Waals surface area contributed by atoms with Crippen molar-refractivity contribution < 1.29 is 4.74 Å². The van der Waals surface area contributed by atoms with Crippen LogP contribution in [-0.4, -0.2) is 29.2 Å². The summed E-state index contributed by atoms with van der Waals surface area (Å²) in [7, 11) is 1.78. The largest absolute Gasteiger partial charge is 0.494 e. The van der Waals surface area contributed by atoms with Gasteiger partial charge in [-0.25, -0.2) is 4.98 Å². The summed E-state index contributed by atoms with van der Waals surface area (Å²) in [5, 5.41) is 6.73. The minimum absolute atomic E-state index is 0.652. The molecule has 0 amide bonds. The van der Waals surface area contributed by atoms with Gasteiger partial charge in [0.15, 0.2) is 5.96 Å². The van der Waals surface area contributed by atoms with Gasteiger partial charge < -0.3 is 19.9 Å². The van der Waals surface area contributed by atoms with E-state index in [-0.39, 0.29) is 0 Å². The van der Waals surface area contributed by atoms with Gasteiger partial charge in [-0.15, -0.1) is 0 Å². The molecule has 2 N–H and O–H groups in total. The lowest BCUT2D eigenvalue weighted by atomic mass is 10.1. The highest BCUT2D eigenvalue weighted by Crippen LogP contribution is 2.20. The first-order valence-corrected chi connectivity index (χ1v) is 9.88. The maximum absolute atomic E-state index is 5.76. The summed E-state index contributed by atoms with van der Waals surface area (Å²) >= 11 is 0. The van der Waals surface area contributed by atoms with Crippen molar-refractivity contribution in [3.05, 3.63) is 83.4 Å². The van der Waals surface area contributed by atoms with E-state index in [0.717, 1.165) is 23.8 Å². The van der Waals surface area contributed by atoms with E-state index in [1.54, 1.807) is 13.2 Å². The molecule has 1 aromatic heterocycles. The SMILES string of the molecule is CCOc1cc(C)ccc1CNC(=NC)NCc1ccc(Cn2ccnc2)cc1. The summed E-state index contributed by atoms with van der Waals surface area (Å²) in [5.41, 5.74) is 4.75. The van der Waals surface area contributed by atoms with Crippen LogP contribution in [0.4, 0.5) is 0 Å². The monoisotopic (exact) mass is 391 g/mol. The van der Waals surface area contributed by atoms with E-state index in [0.29, 0.717) is 19.7 Å². The highest BCUT2D eigenvalue weighted by Gasteiger charge is 2.06. The lowest BCUT2D eigenvalue weighted by molar-refractivity contribution is 0.336. The van der Waals surface area contributed by atoms with Crippen LogP contribution in [0.15, 0.2) is 66.2 Å². The van der Waals surface area contributed by atoms with E-state index in [1.807, 2.05) is 19.4 Å². The number of aliphatic imine (C=N–C) groups is 1. The smallest absolute Gasteiger partial charge is 0.191 e. The topological polar surface area (TPSA) is 63.5 Å². The molecule has 0 fully saturated rings. The van der Waals surface area contributed by atoms with Gasteiger partial charge in [-0.3, -0.25) is 4.99 Å². The number of nitrogens with zero attached hydrogens (tertiary/aromatic N) is 3. The van der Waals surface area contributed by atoms with Crippen LogP contribution < -0.4 is 15.4 Å². The van der Waals surface area contributed by atoms with E-state index in [4.69, 9.17) is 4.74 Å². The van der Waals surface area contributed by atoms with Crippen LogP contribution in [0.25, 0.3) is 0 Å². The van der Waals surface area contributed by atoms with Crippen LogP contribution in [0.1, 0.15) is 29.2 Å². The van der Waals surface area contributed by atoms with Crippen LogP contribution in [-0.2, 0) is 19.6 Å². The molecule has 152 valence electrons. The lowest BCUT2D eigenvalue weighted by Gasteiger charge is -2.15. The van der Waals surface area contributed by atoms with Crippen LogP contribution in [0.3, 0.4) is 0 Å². The first-order valence-electron chi connectivity index (χ1n) is 9.88. The molecule has 3 rings (SSSR count). The summed E-state index contributed by atoms with van der Waals surface area (Å²) in [5.74, 6) is 1.68. The van der Waals surface area contributed by atoms with Gasteiger partial charge in [0.05, 0.1) is 12.9 Å². The Kier molecular flexibility index (Phi) is 7.28. The maximum Gasteiger partial charge on any atom is 0.191 e. The number of ether oxygens (including phenoxy) is 1. The number of rotatable bonds is 8. The van der Waals surface area contributed by atoms with Crippen LogP contribution in [0.5, 0.6) is 5.75 Å². The van der Waals surface area contributed by atoms with Gasteiger partial charge in [0.25, 0.3) is 0 Å². The molecule has 0 bridgehead atoms. The van der Waals surface area contributed by atoms with Gasteiger partial charge in [-0.1, -0.05) is 36.4 Å². The molecule has 0 aliphatic carbocycles. The molecule has 0 atom stereocenters. The molecule has 1 heterocycles. The second-order valence-electron chi connectivity index (χ2n) is 6.88. The van der Waals surface area contributed by atoms with Gasteiger partial charge in [0.2, 0.25) is 0 Å². The summed E-state index contributed by atoms with van der Waals surface area (Å²) in [6.45, 7) is 6.91. The van der Waals surface area contributed by atoms with E-state index in [9.17, 15) is 0 Å². The summed E-state index contributed by atoms with van der Waals surface area (Å²) in [6, 6.07) is 14.8. The van der Waals surface area contributed by atoms with Crippen molar-refractivity contribution in [3.8, 4) is 5.75 Å². The van der Waals surface area contributed by atoms with Gasteiger partial charge in [0, 0.05) is 44.6 Å². The second kappa shape index (κ2) is 10.3. The molecule has 0 spiro atoms. The molecule has 6 nitrogen and oxygen atoms in total. The lowest BCUT2D eigenvalue weighted by Crippen LogP contribution is -2.36. The number of hydrogen-bond donors (Lipinski definition) is 2. The molecule has 6 heteroatoms. The number of hydrogen-bond acceptors (Lipinski definition) is 3. The van der Waals surface area contributed by atoms with Crippen LogP contribution in [0.2, 0.25) is 0 Å². The van der Waals surface area contributed by atoms with Crippen molar-refractivity contribution in [2.75, 3.05) is 13.7 Å². The minimum Gasteiger partial charge on any atom is -0.494 e. The van der Waals surface area contributed by atoms with Crippen molar-refractivity contribution in [1.29, 1.82) is 0 Å². The Hall–Kier alpha value is -3.28. The molecule has 0 radical (unpaired) electrons. The third-order valence-electron chi connectivity index (χ3n) is 4.60. The van der Waals surface area contributed by atoms with Crippen molar-refractivity contribution in [2.24, 2.45) is 4.99 Å². The third kappa shape index (κ3) is 6.10. The van der Waals surface area contributed by atoms with E-state index < -0.39 is 0 Å². The van der Waals surface area contributed by atoms with Gasteiger partial charge >= 0.3 is 0 Å². The number of nitrogens with one attached hydrogen (secondary N) is 2. The Morgan fingerprint density at radius 3 is 2.52 bits per heavy atom. The Bertz CT molecular complexity index is 917. The predicted molar refractivity (Wildman–Crippen MR) is 117 cm³/mol. The Morgan fingerprint density at radius 2 is 1.83 bits per heavy atom. The fourth-order valence-electron chi connectivity index (χ4n) is 3.04. The van der Waals surface area contributed by atoms with Crippen molar-refractivity contribution >= 4 is 5.96 Å². The Labute approximate surface area is 172 Å². The molecule has 29 heavy (non-hydrogen) atoms. The van der Waals surface area contributed by atoms with Gasteiger partial charge in [-0.2, -0.15) is 0 Å². The quantitative estimate of drug-likeness (QED) is 0.456. The average Bonchev–Trinajstić information content (AvgIpc) is 3.24. The van der Waals surface area contributed by atoms with Crippen LogP contribution in [0, 0.1) is 6.92 Å². The fraction of sp³-hybridized carbons (Fsp3) is 0.304. The van der Waals surface area contributed by atoms with Crippen molar-refractivity contribution in [2.45, 2.75) is 33.5 Å². The first-order chi connectivity index (χ1) is 14.2. The zero-order valence-electron chi connectivity index (χ0n) is 17.4. The zero-order valence-corrected chi connectivity index (χ0v) is 17.4. The first kappa shape index (κ1) is 20.5. The highest BCUT2D eigenvalue weighted by molar-refractivity contribution is 5.79. The van der Waals surface area contributed by atoms with E-state index in [1.165, 1.54) is 16.7 Å². The van der Waals surface area contributed by atoms with Gasteiger partial charge in [0.1, 0.15) is 5.75 Å². The predicted octanol–water partition coefficient (Wildman–Crippen LogP) is 3.50. The number of benzene rings is 2. The van der Waals surface area contributed by atoms with Gasteiger partial charge in [-0.05, 0) is 36.6 Å². The highest BCUT2D eigenvalue weighted by atomic mass is 16.5. The summed E-state index contributed by atoms with van der Waals surface area (Å²) in [6.07, 6.45) is 5.59. The summed E-state index contributed by atoms with van der Waals surface area (Å²) < 4.78 is 7.81. The third-order valence-corrected chi connectivity index (χ3v) is 4.60. The molecular formula is C23H29N5O. The van der Waals surface area contributed by atoms with E-state index in [2.05, 4.69) is 74.6 Å². The molecule has 0 saturated carbocycles. The van der Waals surface area contributed by atoms with Crippen molar-refractivity contribution in [3.63, 3.8) is 0 Å². The standard InChI is InChI=1S/C23H29N5O/c1-4-29-22-13-18(2)5-10-21(22)15-27-23(24-3)26-14-19-6-8-20(9-7-19)16-28-12-11-25-17-28/h5-13,17H,4,14-16H2,1-3H3,(H2,24,26,27). The van der Waals surface area contributed by atoms with Crippen LogP contribution >= 0.6 is 0 Å². The van der Waals surface area contributed by atoms with E-state index >= 15 is 0 Å². The molecule has 0 saturated heterocycles. The normalized spacial score (nSPS) is 11.3. The molecular weight excluding hydrogens is 362 g/mol. The molecule has 0 unspecified atom stereocenters. The number of aromatic nitrogens is 2. The summed E-state index contributed by atoms with van der Waals surface area (Å²) in [4.78, 5) is 8.40. The fourth-order valence-corrected chi connectivity index (χ4v) is 3.04. The minimum atomic E-state index is 0.652. The number of aryl methyl sites for hydroxylation is 1. The molecule has 2 aromatic carbocycles. The second-order valence-corrected chi connectivity index (χ2v) is 6.88. The number of imidazole rings is 1. The molecule has 3 aromatic rings. The average molecular weight is 392 g/mol. The Morgan fingerprint density at radius 1 is 1.07 bits per heavy atom. The Balaban J connectivity index is 1.52. The number of guanidine groups is 1. The molecule has 0 aliphatic heterocycles. The zero-order chi connectivity index (χ0) is 20.5. The van der Waals surface area contributed by atoms with Crippen molar-refractivity contribution in [1.82, 2.24) is 20.2 Å². The molecule has 0 aliphatic rings. The maximum atomic E-state index is 5.76.